The number of benzene rings is 1. The second-order valence-electron chi connectivity index (χ2n) is 3.85. The molecule has 1 heterocycles. The fraction of sp³-hybridized carbons (Fsp3) is 0.286. The Labute approximate surface area is 106 Å². The van der Waals surface area contributed by atoms with E-state index in [4.69, 9.17) is 4.42 Å². The van der Waals surface area contributed by atoms with Gasteiger partial charge < -0.3 is 9.73 Å². The lowest BCUT2D eigenvalue weighted by atomic mass is 10.2. The molecule has 90 valence electrons. The van der Waals surface area contributed by atoms with Crippen LogP contribution < -0.4 is 5.32 Å². The highest BCUT2D eigenvalue weighted by molar-refractivity contribution is 7.98. The van der Waals surface area contributed by atoms with Gasteiger partial charge in [-0.1, -0.05) is 30.3 Å². The van der Waals surface area contributed by atoms with Crippen LogP contribution in [0.25, 0.3) is 0 Å². The third-order valence-corrected chi connectivity index (χ3v) is 3.47. The number of hydrogen-bond donors (Lipinski definition) is 1. The Morgan fingerprint density at radius 3 is 2.71 bits per heavy atom. The summed E-state index contributed by atoms with van der Waals surface area (Å²) in [5, 5.41) is 3.39. The average Bonchev–Trinajstić information content (AvgIpc) is 2.88. The van der Waals surface area contributed by atoms with Crippen LogP contribution in [0.3, 0.4) is 0 Å². The predicted molar refractivity (Wildman–Crippen MR) is 73.0 cm³/mol. The molecule has 2 rings (SSSR count). The summed E-state index contributed by atoms with van der Waals surface area (Å²) < 4.78 is 5.01. The Balaban J connectivity index is 1.52. The third-order valence-electron chi connectivity index (χ3n) is 2.44. The molecular formula is C14H17NOS. The molecule has 2 nitrogen and oxygen atoms in total. The van der Waals surface area contributed by atoms with Crippen LogP contribution in [0.2, 0.25) is 0 Å². The van der Waals surface area contributed by atoms with Crippen LogP contribution >= 0.6 is 11.8 Å². The van der Waals surface area contributed by atoms with Crippen molar-refractivity contribution in [3.8, 4) is 0 Å². The van der Waals surface area contributed by atoms with Gasteiger partial charge in [0.05, 0.1) is 12.5 Å². The summed E-state index contributed by atoms with van der Waals surface area (Å²) in [7, 11) is 0. The first-order valence-electron chi connectivity index (χ1n) is 5.78. The molecule has 0 amide bonds. The zero-order valence-electron chi connectivity index (χ0n) is 9.76. The van der Waals surface area contributed by atoms with E-state index in [0.717, 1.165) is 24.6 Å². The number of nitrogens with one attached hydrogen (secondary N) is 1. The topological polar surface area (TPSA) is 25.2 Å². The van der Waals surface area contributed by atoms with Crippen molar-refractivity contribution in [3.63, 3.8) is 0 Å². The first-order valence-corrected chi connectivity index (χ1v) is 6.94. The number of hydrogen-bond acceptors (Lipinski definition) is 3. The van der Waals surface area contributed by atoms with Gasteiger partial charge in [0.15, 0.2) is 0 Å². The van der Waals surface area contributed by atoms with E-state index >= 15 is 0 Å². The largest absolute Gasteiger partial charge is 0.472 e. The van der Waals surface area contributed by atoms with Crippen molar-refractivity contribution in [2.45, 2.75) is 12.3 Å². The molecule has 0 fully saturated rings. The van der Waals surface area contributed by atoms with E-state index in [1.54, 1.807) is 12.5 Å². The Morgan fingerprint density at radius 2 is 1.94 bits per heavy atom. The minimum Gasteiger partial charge on any atom is -0.472 e. The van der Waals surface area contributed by atoms with Crippen molar-refractivity contribution in [2.24, 2.45) is 0 Å². The molecule has 0 radical (unpaired) electrons. The van der Waals surface area contributed by atoms with Crippen molar-refractivity contribution >= 4 is 11.8 Å². The minimum atomic E-state index is 0.891. The lowest BCUT2D eigenvalue weighted by molar-refractivity contribution is 0.561. The molecule has 0 aliphatic heterocycles. The van der Waals surface area contributed by atoms with E-state index in [1.165, 1.54) is 11.1 Å². The summed E-state index contributed by atoms with van der Waals surface area (Å²) in [5.41, 5.74) is 2.60. The standard InChI is InChI=1S/C14H17NOS/c1-2-4-13(5-3-1)12-17-9-7-15-10-14-6-8-16-11-14/h1-6,8,11,15H,7,9-10,12H2. The SMILES string of the molecule is c1ccc(CSCCNCc2ccoc2)cc1. The van der Waals surface area contributed by atoms with Crippen LogP contribution in [0.5, 0.6) is 0 Å². The Hall–Kier alpha value is -1.19. The molecular weight excluding hydrogens is 230 g/mol. The molecule has 3 heteroatoms. The molecule has 1 aromatic carbocycles. The minimum absolute atomic E-state index is 0.891. The normalized spacial score (nSPS) is 10.6. The van der Waals surface area contributed by atoms with E-state index in [1.807, 2.05) is 17.8 Å². The van der Waals surface area contributed by atoms with E-state index in [9.17, 15) is 0 Å². The zero-order valence-corrected chi connectivity index (χ0v) is 10.6. The maximum atomic E-state index is 5.01. The molecule has 0 unspecified atom stereocenters. The summed E-state index contributed by atoms with van der Waals surface area (Å²) >= 11 is 1.96. The van der Waals surface area contributed by atoms with Crippen LogP contribution in [0.4, 0.5) is 0 Å². The van der Waals surface area contributed by atoms with Crippen molar-refractivity contribution < 1.29 is 4.42 Å². The van der Waals surface area contributed by atoms with Gasteiger partial charge in [-0.3, -0.25) is 0 Å². The van der Waals surface area contributed by atoms with Crippen molar-refractivity contribution in [1.82, 2.24) is 5.32 Å². The summed E-state index contributed by atoms with van der Waals surface area (Å²) in [6.07, 6.45) is 3.49. The molecule has 17 heavy (non-hydrogen) atoms. The number of rotatable bonds is 7. The fourth-order valence-electron chi connectivity index (χ4n) is 1.53. The van der Waals surface area contributed by atoms with Gasteiger partial charge in [0.1, 0.15) is 0 Å². The van der Waals surface area contributed by atoms with Gasteiger partial charge in [0.2, 0.25) is 0 Å². The molecule has 0 aliphatic rings. The maximum Gasteiger partial charge on any atom is 0.0947 e. The highest BCUT2D eigenvalue weighted by Gasteiger charge is 1.94. The maximum absolute atomic E-state index is 5.01. The summed E-state index contributed by atoms with van der Waals surface area (Å²) in [6.45, 7) is 1.92. The van der Waals surface area contributed by atoms with Gasteiger partial charge >= 0.3 is 0 Å². The molecule has 0 atom stereocenters. The molecule has 0 saturated carbocycles. The first-order chi connectivity index (χ1) is 8.45. The number of furan rings is 1. The second kappa shape index (κ2) is 7.20. The van der Waals surface area contributed by atoms with Gasteiger partial charge in [-0.25, -0.2) is 0 Å². The summed E-state index contributed by atoms with van der Waals surface area (Å²) in [4.78, 5) is 0. The van der Waals surface area contributed by atoms with E-state index in [2.05, 4.69) is 35.6 Å². The Morgan fingerprint density at radius 1 is 1.06 bits per heavy atom. The average molecular weight is 247 g/mol. The highest BCUT2D eigenvalue weighted by Crippen LogP contribution is 2.10. The predicted octanol–water partition coefficient (Wildman–Crippen LogP) is 3.30. The Kier molecular flexibility index (Phi) is 5.20. The molecule has 1 N–H and O–H groups in total. The van der Waals surface area contributed by atoms with Crippen LogP contribution in [-0.4, -0.2) is 12.3 Å². The lowest BCUT2D eigenvalue weighted by Gasteiger charge is -2.03. The van der Waals surface area contributed by atoms with Crippen LogP contribution in [0, 0.1) is 0 Å². The first kappa shape index (κ1) is 12.3. The monoisotopic (exact) mass is 247 g/mol. The fourth-order valence-corrected chi connectivity index (χ4v) is 2.40. The second-order valence-corrected chi connectivity index (χ2v) is 4.95. The quantitative estimate of drug-likeness (QED) is 0.760. The van der Waals surface area contributed by atoms with Crippen LogP contribution in [0.15, 0.2) is 53.3 Å². The van der Waals surface area contributed by atoms with E-state index in [0.29, 0.717) is 0 Å². The summed E-state index contributed by atoms with van der Waals surface area (Å²) in [5.74, 6) is 2.22. The smallest absolute Gasteiger partial charge is 0.0947 e. The Bertz CT molecular complexity index is 399. The van der Waals surface area contributed by atoms with Gasteiger partial charge in [-0.05, 0) is 11.6 Å². The van der Waals surface area contributed by atoms with Gasteiger partial charge in [-0.15, -0.1) is 0 Å². The number of thioether (sulfide) groups is 1. The van der Waals surface area contributed by atoms with Crippen molar-refractivity contribution in [2.75, 3.05) is 12.3 Å². The molecule has 0 saturated heterocycles. The van der Waals surface area contributed by atoms with Crippen molar-refractivity contribution in [3.05, 3.63) is 60.1 Å². The van der Waals surface area contributed by atoms with Crippen molar-refractivity contribution in [1.29, 1.82) is 0 Å². The lowest BCUT2D eigenvalue weighted by Crippen LogP contribution is -2.16. The van der Waals surface area contributed by atoms with Gasteiger partial charge in [-0.2, -0.15) is 11.8 Å². The highest BCUT2D eigenvalue weighted by atomic mass is 32.2. The van der Waals surface area contributed by atoms with E-state index in [-0.39, 0.29) is 0 Å². The molecule has 2 aromatic rings. The molecule has 0 aliphatic carbocycles. The van der Waals surface area contributed by atoms with Crippen LogP contribution in [-0.2, 0) is 12.3 Å². The molecule has 0 spiro atoms. The zero-order chi connectivity index (χ0) is 11.8. The summed E-state index contributed by atoms with van der Waals surface area (Å²) in [6, 6.07) is 12.6. The van der Waals surface area contributed by atoms with Crippen LogP contribution in [0.1, 0.15) is 11.1 Å². The van der Waals surface area contributed by atoms with E-state index < -0.39 is 0 Å². The van der Waals surface area contributed by atoms with Gasteiger partial charge in [0.25, 0.3) is 0 Å². The molecule has 0 bridgehead atoms. The molecule has 1 aromatic heterocycles. The third kappa shape index (κ3) is 4.67. The van der Waals surface area contributed by atoms with Gasteiger partial charge in [0, 0.05) is 30.2 Å².